The summed E-state index contributed by atoms with van der Waals surface area (Å²) in [5, 5.41) is 12.1. The lowest BCUT2D eigenvalue weighted by Crippen LogP contribution is -2.56. The van der Waals surface area contributed by atoms with Crippen molar-refractivity contribution >= 4 is 46.6 Å². The van der Waals surface area contributed by atoms with Gasteiger partial charge in [-0.2, -0.15) is 0 Å². The third kappa shape index (κ3) is 4.70. The number of aromatic amines is 1. The summed E-state index contributed by atoms with van der Waals surface area (Å²) in [5.74, 6) is 1.17. The van der Waals surface area contributed by atoms with Gasteiger partial charge in [0.25, 0.3) is 0 Å². The highest BCUT2D eigenvalue weighted by Gasteiger charge is 2.41. The standard InChI is InChI=1S/C23H25Cl2N3O4.ClH/c1-23(13-31-19-5-3-15(25)11-20(19)32-23)21(29)12-27-8-6-16(7-9-27)28-18-4-2-14(24)10-17(18)26-22(28)30;/h2-5,10-11,16,21,29H,6-9,12-13H2,1H3,(H,26,30);1H. The Balaban J connectivity index is 0.00000259. The molecule has 3 aromatic rings. The zero-order valence-corrected chi connectivity index (χ0v) is 20.4. The van der Waals surface area contributed by atoms with E-state index in [1.165, 1.54) is 0 Å². The lowest BCUT2D eigenvalue weighted by molar-refractivity contribution is -0.0952. The molecule has 2 aliphatic rings. The van der Waals surface area contributed by atoms with Gasteiger partial charge >= 0.3 is 5.69 Å². The molecule has 2 N–H and O–H groups in total. The number of hydrogen-bond donors (Lipinski definition) is 2. The van der Waals surface area contributed by atoms with Crippen LogP contribution >= 0.6 is 35.6 Å². The fourth-order valence-corrected chi connectivity index (χ4v) is 4.94. The predicted octanol–water partition coefficient (Wildman–Crippen LogP) is 4.29. The van der Waals surface area contributed by atoms with Crippen molar-refractivity contribution in [3.05, 3.63) is 56.9 Å². The number of aliphatic hydroxyl groups excluding tert-OH is 1. The van der Waals surface area contributed by atoms with E-state index in [4.69, 9.17) is 32.7 Å². The minimum atomic E-state index is -0.873. The molecule has 1 saturated heterocycles. The van der Waals surface area contributed by atoms with Crippen molar-refractivity contribution in [2.45, 2.75) is 37.5 Å². The molecule has 3 heterocycles. The van der Waals surface area contributed by atoms with Crippen LogP contribution in [0.4, 0.5) is 0 Å². The van der Waals surface area contributed by atoms with Crippen LogP contribution in [0, 0.1) is 0 Å². The Bertz CT molecular complexity index is 1210. The number of fused-ring (bicyclic) bond motifs is 2. The monoisotopic (exact) mass is 513 g/mol. The topological polar surface area (TPSA) is 79.7 Å². The Kier molecular flexibility index (Phi) is 6.90. The molecular formula is C23H26Cl3N3O4. The minimum Gasteiger partial charge on any atom is -0.485 e. The normalized spacial score (nSPS) is 22.2. The molecule has 2 aliphatic heterocycles. The summed E-state index contributed by atoms with van der Waals surface area (Å²) in [6, 6.07) is 10.8. The molecule has 33 heavy (non-hydrogen) atoms. The first-order valence-corrected chi connectivity index (χ1v) is 11.5. The summed E-state index contributed by atoms with van der Waals surface area (Å²) in [7, 11) is 0. The number of nitrogens with zero attached hydrogens (tertiary/aromatic N) is 2. The molecule has 0 amide bonds. The lowest BCUT2D eigenvalue weighted by Gasteiger charge is -2.41. The van der Waals surface area contributed by atoms with Crippen LogP contribution in [-0.2, 0) is 0 Å². The van der Waals surface area contributed by atoms with Gasteiger partial charge in [-0.3, -0.25) is 4.57 Å². The Morgan fingerprint density at radius 3 is 2.61 bits per heavy atom. The minimum absolute atomic E-state index is 0. The molecule has 2 atom stereocenters. The second-order valence-electron chi connectivity index (χ2n) is 8.80. The molecule has 2 aromatic carbocycles. The van der Waals surface area contributed by atoms with Crippen molar-refractivity contribution in [3.8, 4) is 11.5 Å². The number of imidazole rings is 1. The number of rotatable bonds is 4. The van der Waals surface area contributed by atoms with Gasteiger partial charge in [-0.25, -0.2) is 4.79 Å². The van der Waals surface area contributed by atoms with Crippen molar-refractivity contribution in [1.29, 1.82) is 0 Å². The highest BCUT2D eigenvalue weighted by molar-refractivity contribution is 6.31. The molecule has 0 spiro atoms. The average molecular weight is 515 g/mol. The Morgan fingerprint density at radius 1 is 1.15 bits per heavy atom. The van der Waals surface area contributed by atoms with Crippen LogP contribution in [0.3, 0.4) is 0 Å². The molecule has 7 nitrogen and oxygen atoms in total. The number of ether oxygens (including phenoxy) is 2. The molecule has 0 radical (unpaired) electrons. The number of H-pyrrole nitrogens is 1. The zero-order chi connectivity index (χ0) is 22.5. The number of aliphatic hydroxyl groups is 1. The van der Waals surface area contributed by atoms with E-state index in [0.717, 1.165) is 37.0 Å². The fraction of sp³-hybridized carbons (Fsp3) is 0.435. The maximum atomic E-state index is 12.6. The summed E-state index contributed by atoms with van der Waals surface area (Å²) >= 11 is 12.1. The highest BCUT2D eigenvalue weighted by atomic mass is 35.5. The molecule has 0 saturated carbocycles. The molecule has 1 aromatic heterocycles. The predicted molar refractivity (Wildman–Crippen MR) is 132 cm³/mol. The second-order valence-corrected chi connectivity index (χ2v) is 9.68. The van der Waals surface area contributed by atoms with Crippen LogP contribution < -0.4 is 15.2 Å². The van der Waals surface area contributed by atoms with E-state index < -0.39 is 11.7 Å². The van der Waals surface area contributed by atoms with Crippen molar-refractivity contribution < 1.29 is 14.6 Å². The van der Waals surface area contributed by atoms with Crippen LogP contribution in [0.15, 0.2) is 41.2 Å². The van der Waals surface area contributed by atoms with E-state index in [2.05, 4.69) is 9.88 Å². The summed E-state index contributed by atoms with van der Waals surface area (Å²) in [6.45, 7) is 4.11. The number of hydrogen-bond acceptors (Lipinski definition) is 5. The largest absolute Gasteiger partial charge is 0.485 e. The second kappa shape index (κ2) is 9.39. The van der Waals surface area contributed by atoms with Crippen molar-refractivity contribution in [1.82, 2.24) is 14.5 Å². The van der Waals surface area contributed by atoms with E-state index in [1.54, 1.807) is 30.3 Å². The van der Waals surface area contributed by atoms with Crippen LogP contribution in [0.25, 0.3) is 11.0 Å². The molecule has 5 rings (SSSR count). The van der Waals surface area contributed by atoms with Crippen molar-refractivity contribution in [3.63, 3.8) is 0 Å². The molecule has 10 heteroatoms. The molecule has 0 aliphatic carbocycles. The van der Waals surface area contributed by atoms with Gasteiger partial charge in [-0.1, -0.05) is 23.2 Å². The molecular weight excluding hydrogens is 489 g/mol. The zero-order valence-electron chi connectivity index (χ0n) is 18.1. The Hall–Kier alpha value is -1.90. The van der Waals surface area contributed by atoms with Gasteiger partial charge in [0.05, 0.1) is 11.0 Å². The molecule has 1 fully saturated rings. The van der Waals surface area contributed by atoms with Gasteiger partial charge in [-0.15, -0.1) is 12.4 Å². The molecule has 2 unspecified atom stereocenters. The van der Waals surface area contributed by atoms with Gasteiger partial charge < -0.3 is 24.5 Å². The van der Waals surface area contributed by atoms with Crippen LogP contribution in [0.1, 0.15) is 25.8 Å². The Labute approximate surface area is 207 Å². The summed E-state index contributed by atoms with van der Waals surface area (Å²) in [4.78, 5) is 17.7. The molecule has 0 bridgehead atoms. The van der Waals surface area contributed by atoms with Gasteiger partial charge in [0.1, 0.15) is 12.7 Å². The van der Waals surface area contributed by atoms with Crippen molar-refractivity contribution in [2.24, 2.45) is 0 Å². The van der Waals surface area contributed by atoms with E-state index in [1.807, 2.05) is 17.6 Å². The smallest absolute Gasteiger partial charge is 0.326 e. The summed E-state index contributed by atoms with van der Waals surface area (Å²) in [5.41, 5.74) is 0.638. The van der Waals surface area contributed by atoms with Gasteiger partial charge in [0, 0.05) is 41.8 Å². The van der Waals surface area contributed by atoms with E-state index in [-0.39, 0.29) is 30.7 Å². The first kappa shape index (κ1) is 24.2. The lowest BCUT2D eigenvalue weighted by atomic mass is 9.96. The third-order valence-electron chi connectivity index (χ3n) is 6.50. The van der Waals surface area contributed by atoms with E-state index >= 15 is 0 Å². The first-order chi connectivity index (χ1) is 15.3. The number of halogens is 3. The number of piperidine rings is 1. The first-order valence-electron chi connectivity index (χ1n) is 10.7. The molecule has 178 valence electrons. The summed E-state index contributed by atoms with van der Waals surface area (Å²) in [6.07, 6.45) is 0.882. The van der Waals surface area contributed by atoms with E-state index in [9.17, 15) is 9.90 Å². The fourth-order valence-electron chi connectivity index (χ4n) is 4.61. The van der Waals surface area contributed by atoms with E-state index in [0.29, 0.717) is 28.1 Å². The average Bonchev–Trinajstić information content (AvgIpc) is 3.08. The number of β-amino-alcohol motifs (C(OH)–C–C–N with tert-alkyl or cyclic N) is 1. The number of aromatic nitrogens is 2. The van der Waals surface area contributed by atoms with Crippen molar-refractivity contribution in [2.75, 3.05) is 26.2 Å². The number of likely N-dealkylation sites (tertiary alicyclic amines) is 1. The maximum Gasteiger partial charge on any atom is 0.326 e. The number of nitrogens with one attached hydrogen (secondary N) is 1. The quantitative estimate of drug-likeness (QED) is 0.543. The maximum absolute atomic E-state index is 12.6. The SMILES string of the molecule is CC1(C(O)CN2CCC(n3c(=O)[nH]c4cc(Cl)ccc43)CC2)COc2ccc(Cl)cc2O1.Cl. The third-order valence-corrected chi connectivity index (χ3v) is 6.97. The van der Waals surface area contributed by atoms with Crippen LogP contribution in [-0.4, -0.2) is 57.5 Å². The van der Waals surface area contributed by atoms with Gasteiger partial charge in [-0.05, 0) is 50.1 Å². The number of benzene rings is 2. The highest BCUT2D eigenvalue weighted by Crippen LogP contribution is 2.38. The van der Waals surface area contributed by atoms with Crippen LogP contribution in [0.2, 0.25) is 10.0 Å². The summed E-state index contributed by atoms with van der Waals surface area (Å²) < 4.78 is 13.8. The van der Waals surface area contributed by atoms with Crippen LogP contribution in [0.5, 0.6) is 11.5 Å². The Morgan fingerprint density at radius 2 is 1.85 bits per heavy atom. The van der Waals surface area contributed by atoms with Gasteiger partial charge in [0.2, 0.25) is 0 Å². The van der Waals surface area contributed by atoms with Gasteiger partial charge in [0.15, 0.2) is 17.1 Å².